The number of carbonyl (C=O) groups is 3. The van der Waals surface area contributed by atoms with Gasteiger partial charge in [0.05, 0.1) is 31.2 Å². The van der Waals surface area contributed by atoms with Gasteiger partial charge in [0.1, 0.15) is 0 Å². The molecule has 2 saturated heterocycles. The Morgan fingerprint density at radius 1 is 1.17 bits per heavy atom. The number of rotatable bonds is 3. The minimum absolute atomic E-state index is 0.106. The first kappa shape index (κ1) is 17.3. The fourth-order valence-corrected chi connectivity index (χ4v) is 3.74. The number of ether oxygens (including phenoxy) is 1. The zero-order chi connectivity index (χ0) is 17.3. The molecule has 2 heterocycles. The molecule has 0 N–H and O–H groups in total. The predicted octanol–water partition coefficient (Wildman–Crippen LogP) is 1.81. The molecule has 128 valence electrons. The Balaban J connectivity index is 1.68. The van der Waals surface area contributed by atoms with Crippen molar-refractivity contribution >= 4 is 46.1 Å². The summed E-state index contributed by atoms with van der Waals surface area (Å²) < 4.78 is 5.84. The zero-order valence-corrected chi connectivity index (χ0v) is 15.6. The first-order valence-corrected chi connectivity index (χ1v) is 9.03. The summed E-state index contributed by atoms with van der Waals surface area (Å²) in [6.07, 6.45) is 1.52. The Bertz CT molecular complexity index is 653. The Morgan fingerprint density at radius 3 is 2.38 bits per heavy atom. The van der Waals surface area contributed by atoms with Crippen molar-refractivity contribution in [2.75, 3.05) is 25.1 Å². The number of hydrogen-bond acceptors (Lipinski definition) is 5. The third-order valence-corrected chi connectivity index (χ3v) is 5.43. The molecule has 1 aromatic rings. The topological polar surface area (TPSA) is 66.9 Å². The van der Waals surface area contributed by atoms with E-state index in [1.165, 1.54) is 12.0 Å². The van der Waals surface area contributed by atoms with Crippen molar-refractivity contribution in [3.63, 3.8) is 0 Å². The molecule has 1 atom stereocenters. The molecule has 3 rings (SSSR count). The molecule has 0 aromatic heterocycles. The SMILES string of the molecule is COC(=O)C1CCN(C2CC(=O)N(c3ccc(I)cc3)C2=O)CC1. The molecule has 2 amide bonds. The van der Waals surface area contributed by atoms with Crippen LogP contribution in [0.2, 0.25) is 0 Å². The monoisotopic (exact) mass is 442 g/mol. The van der Waals surface area contributed by atoms with Gasteiger partial charge in [-0.2, -0.15) is 0 Å². The number of benzene rings is 1. The molecule has 2 aliphatic heterocycles. The van der Waals surface area contributed by atoms with Crippen molar-refractivity contribution in [2.24, 2.45) is 5.92 Å². The number of carbonyl (C=O) groups excluding carboxylic acids is 3. The minimum Gasteiger partial charge on any atom is -0.469 e. The van der Waals surface area contributed by atoms with Gasteiger partial charge in [-0.3, -0.25) is 19.3 Å². The summed E-state index contributed by atoms with van der Waals surface area (Å²) in [7, 11) is 1.40. The lowest BCUT2D eigenvalue weighted by Crippen LogP contribution is -2.46. The van der Waals surface area contributed by atoms with Crippen LogP contribution in [-0.2, 0) is 19.1 Å². The van der Waals surface area contributed by atoms with Crippen LogP contribution < -0.4 is 4.90 Å². The molecule has 0 radical (unpaired) electrons. The fraction of sp³-hybridized carbons (Fsp3) is 0.471. The van der Waals surface area contributed by atoms with Crippen molar-refractivity contribution in [2.45, 2.75) is 25.3 Å². The van der Waals surface area contributed by atoms with E-state index < -0.39 is 6.04 Å². The van der Waals surface area contributed by atoms with Gasteiger partial charge in [0.15, 0.2) is 0 Å². The molecule has 0 aliphatic carbocycles. The molecule has 0 saturated carbocycles. The highest BCUT2D eigenvalue weighted by molar-refractivity contribution is 14.1. The standard InChI is InChI=1S/C17H19IN2O4/c1-24-17(23)11-6-8-19(9-7-11)14-10-15(21)20(16(14)22)13-4-2-12(18)3-5-13/h2-5,11,14H,6-10H2,1H3. The van der Waals surface area contributed by atoms with Gasteiger partial charge < -0.3 is 4.74 Å². The van der Waals surface area contributed by atoms with Crippen LogP contribution >= 0.6 is 22.6 Å². The maximum atomic E-state index is 12.7. The Hall–Kier alpha value is -1.48. The minimum atomic E-state index is -0.421. The number of nitrogens with zero attached hydrogens (tertiary/aromatic N) is 2. The molecular weight excluding hydrogens is 423 g/mol. The molecule has 1 aromatic carbocycles. The highest BCUT2D eigenvalue weighted by Gasteiger charge is 2.43. The first-order valence-electron chi connectivity index (χ1n) is 7.95. The third kappa shape index (κ3) is 3.32. The average molecular weight is 442 g/mol. The molecule has 2 aliphatic rings. The van der Waals surface area contributed by atoms with E-state index in [-0.39, 0.29) is 30.1 Å². The zero-order valence-electron chi connectivity index (χ0n) is 13.4. The second-order valence-electron chi connectivity index (χ2n) is 6.10. The normalized spacial score (nSPS) is 22.9. The van der Waals surface area contributed by atoms with Gasteiger partial charge in [-0.05, 0) is 72.8 Å². The summed E-state index contributed by atoms with van der Waals surface area (Å²) >= 11 is 2.19. The van der Waals surface area contributed by atoms with Gasteiger partial charge in [-0.1, -0.05) is 0 Å². The van der Waals surface area contributed by atoms with Crippen LogP contribution in [0.5, 0.6) is 0 Å². The third-order valence-electron chi connectivity index (χ3n) is 4.71. The number of halogens is 1. The van der Waals surface area contributed by atoms with E-state index in [0.29, 0.717) is 31.6 Å². The van der Waals surface area contributed by atoms with Crippen LogP contribution in [-0.4, -0.2) is 48.9 Å². The molecule has 6 nitrogen and oxygen atoms in total. The van der Waals surface area contributed by atoms with Crippen LogP contribution in [0.1, 0.15) is 19.3 Å². The van der Waals surface area contributed by atoms with Gasteiger partial charge in [-0.25, -0.2) is 4.90 Å². The molecule has 2 fully saturated rings. The molecule has 0 spiro atoms. The number of methoxy groups -OCH3 is 1. The number of likely N-dealkylation sites (tertiary alicyclic amines) is 1. The smallest absolute Gasteiger partial charge is 0.308 e. The maximum absolute atomic E-state index is 12.7. The van der Waals surface area contributed by atoms with Crippen LogP contribution in [0.4, 0.5) is 5.69 Å². The van der Waals surface area contributed by atoms with Gasteiger partial charge >= 0.3 is 5.97 Å². The highest BCUT2D eigenvalue weighted by atomic mass is 127. The summed E-state index contributed by atoms with van der Waals surface area (Å²) in [5.74, 6) is -0.631. The summed E-state index contributed by atoms with van der Waals surface area (Å²) in [5.41, 5.74) is 0.623. The number of amides is 2. The number of esters is 1. The lowest BCUT2D eigenvalue weighted by molar-refractivity contribution is -0.147. The largest absolute Gasteiger partial charge is 0.469 e. The van der Waals surface area contributed by atoms with Crippen LogP contribution in [0.15, 0.2) is 24.3 Å². The van der Waals surface area contributed by atoms with Crippen molar-refractivity contribution in [3.8, 4) is 0 Å². The lowest BCUT2D eigenvalue weighted by Gasteiger charge is -2.33. The van der Waals surface area contributed by atoms with E-state index >= 15 is 0 Å². The summed E-state index contributed by atoms with van der Waals surface area (Å²) in [4.78, 5) is 40.0. The molecule has 1 unspecified atom stereocenters. The molecular formula is C17H19IN2O4. The number of hydrogen-bond donors (Lipinski definition) is 0. The van der Waals surface area contributed by atoms with Gasteiger partial charge in [0.2, 0.25) is 5.91 Å². The summed E-state index contributed by atoms with van der Waals surface area (Å²) in [5, 5.41) is 0. The molecule has 7 heteroatoms. The Kier molecular flexibility index (Phi) is 5.19. The average Bonchev–Trinajstić information content (AvgIpc) is 2.90. The van der Waals surface area contributed by atoms with Crippen molar-refractivity contribution in [1.82, 2.24) is 4.90 Å². The number of piperidine rings is 1. The van der Waals surface area contributed by atoms with E-state index in [1.54, 1.807) is 12.1 Å². The van der Waals surface area contributed by atoms with Crippen LogP contribution in [0.25, 0.3) is 0 Å². The first-order chi connectivity index (χ1) is 11.5. The summed E-state index contributed by atoms with van der Waals surface area (Å²) in [6.45, 7) is 1.26. The van der Waals surface area contributed by atoms with Crippen molar-refractivity contribution in [3.05, 3.63) is 27.8 Å². The summed E-state index contributed by atoms with van der Waals surface area (Å²) in [6, 6.07) is 6.93. The van der Waals surface area contributed by atoms with E-state index in [4.69, 9.17) is 4.74 Å². The number of anilines is 1. The Labute approximate surface area is 154 Å². The van der Waals surface area contributed by atoms with Gasteiger partial charge in [0, 0.05) is 3.57 Å². The van der Waals surface area contributed by atoms with Crippen LogP contribution in [0.3, 0.4) is 0 Å². The second kappa shape index (κ2) is 7.18. The van der Waals surface area contributed by atoms with Gasteiger partial charge in [0.25, 0.3) is 5.91 Å². The fourth-order valence-electron chi connectivity index (χ4n) is 3.38. The Morgan fingerprint density at radius 2 is 1.79 bits per heavy atom. The van der Waals surface area contributed by atoms with E-state index in [1.807, 2.05) is 17.0 Å². The van der Waals surface area contributed by atoms with E-state index in [9.17, 15) is 14.4 Å². The quantitative estimate of drug-likeness (QED) is 0.406. The highest BCUT2D eigenvalue weighted by Crippen LogP contribution is 2.29. The molecule has 0 bridgehead atoms. The van der Waals surface area contributed by atoms with E-state index in [2.05, 4.69) is 22.6 Å². The van der Waals surface area contributed by atoms with Gasteiger partial charge in [-0.15, -0.1) is 0 Å². The van der Waals surface area contributed by atoms with E-state index in [0.717, 1.165) is 3.57 Å². The van der Waals surface area contributed by atoms with Crippen molar-refractivity contribution < 1.29 is 19.1 Å². The molecule has 24 heavy (non-hydrogen) atoms. The van der Waals surface area contributed by atoms with Crippen LogP contribution in [0, 0.1) is 9.49 Å². The maximum Gasteiger partial charge on any atom is 0.308 e. The second-order valence-corrected chi connectivity index (χ2v) is 7.34. The lowest BCUT2D eigenvalue weighted by atomic mass is 9.95. The number of imide groups is 1. The van der Waals surface area contributed by atoms with Crippen molar-refractivity contribution in [1.29, 1.82) is 0 Å². The predicted molar refractivity (Wildman–Crippen MR) is 96.4 cm³/mol.